The van der Waals surface area contributed by atoms with Gasteiger partial charge in [0.25, 0.3) is 5.91 Å². The fraction of sp³-hybridized carbons (Fsp3) is 0.250. The summed E-state index contributed by atoms with van der Waals surface area (Å²) in [6, 6.07) is 12.3. The monoisotopic (exact) mass is 385 g/mol. The summed E-state index contributed by atoms with van der Waals surface area (Å²) in [7, 11) is 0. The highest BCUT2D eigenvalue weighted by molar-refractivity contribution is 6.33. The molecule has 0 spiro atoms. The largest absolute Gasteiger partial charge is 0.312 e. The Labute approximate surface area is 162 Å². The summed E-state index contributed by atoms with van der Waals surface area (Å²) in [5.41, 5.74) is 8.00. The van der Waals surface area contributed by atoms with E-state index in [0.717, 1.165) is 16.8 Å². The summed E-state index contributed by atoms with van der Waals surface area (Å²) in [5.74, 6) is -1.57. The maximum absolute atomic E-state index is 12.4. The smallest absolute Gasteiger partial charge is 0.271 e. The SMILES string of the molecule is Cc1ccc(N2C[C@@H](C(=O)NNC(=O)c3ccccc3Cl)CC2=O)cc1C. The zero-order valence-electron chi connectivity index (χ0n) is 15.1. The van der Waals surface area contributed by atoms with Gasteiger partial charge in [0.05, 0.1) is 16.5 Å². The van der Waals surface area contributed by atoms with Crippen LogP contribution in [-0.4, -0.2) is 24.3 Å². The molecule has 3 amide bonds. The number of rotatable bonds is 3. The number of aryl methyl sites for hydroxylation is 2. The first-order valence-corrected chi connectivity index (χ1v) is 8.97. The van der Waals surface area contributed by atoms with Crippen LogP contribution in [0.5, 0.6) is 0 Å². The van der Waals surface area contributed by atoms with Gasteiger partial charge in [0.1, 0.15) is 0 Å². The average Bonchev–Trinajstić information content (AvgIpc) is 3.04. The number of carbonyl (C=O) groups excluding carboxylic acids is 3. The van der Waals surface area contributed by atoms with Crippen LogP contribution in [0.1, 0.15) is 27.9 Å². The van der Waals surface area contributed by atoms with Gasteiger partial charge in [-0.05, 0) is 49.2 Å². The Morgan fingerprint density at radius 1 is 1.07 bits per heavy atom. The van der Waals surface area contributed by atoms with Crippen molar-refractivity contribution in [1.29, 1.82) is 0 Å². The molecule has 140 valence electrons. The summed E-state index contributed by atoms with van der Waals surface area (Å²) >= 11 is 5.97. The molecule has 0 bridgehead atoms. The molecule has 3 rings (SSSR count). The van der Waals surface area contributed by atoms with Crippen LogP contribution in [-0.2, 0) is 9.59 Å². The second-order valence-electron chi connectivity index (χ2n) is 6.60. The van der Waals surface area contributed by atoms with Crippen molar-refractivity contribution in [2.24, 2.45) is 5.92 Å². The number of halogens is 1. The number of nitrogens with one attached hydrogen (secondary N) is 2. The van der Waals surface area contributed by atoms with Gasteiger partial charge in [-0.15, -0.1) is 0 Å². The predicted octanol–water partition coefficient (Wildman–Crippen LogP) is 2.77. The second kappa shape index (κ2) is 7.80. The van der Waals surface area contributed by atoms with Crippen LogP contribution >= 0.6 is 11.6 Å². The summed E-state index contributed by atoms with van der Waals surface area (Å²) in [4.78, 5) is 38.4. The van der Waals surface area contributed by atoms with E-state index in [1.807, 2.05) is 32.0 Å². The predicted molar refractivity (Wildman–Crippen MR) is 103 cm³/mol. The molecule has 1 aliphatic heterocycles. The Morgan fingerprint density at radius 2 is 1.81 bits per heavy atom. The number of amides is 3. The van der Waals surface area contributed by atoms with Crippen molar-refractivity contribution in [1.82, 2.24) is 10.9 Å². The van der Waals surface area contributed by atoms with Crippen LogP contribution in [0.25, 0.3) is 0 Å². The highest BCUT2D eigenvalue weighted by atomic mass is 35.5. The molecule has 0 aliphatic carbocycles. The fourth-order valence-electron chi connectivity index (χ4n) is 2.96. The van der Waals surface area contributed by atoms with E-state index < -0.39 is 17.7 Å². The Hall–Kier alpha value is -2.86. The number of nitrogens with zero attached hydrogens (tertiary/aromatic N) is 1. The zero-order chi connectivity index (χ0) is 19.6. The molecule has 0 saturated carbocycles. The Bertz CT molecular complexity index is 913. The minimum absolute atomic E-state index is 0.0979. The van der Waals surface area contributed by atoms with Gasteiger partial charge in [0.2, 0.25) is 11.8 Å². The number of carbonyl (C=O) groups is 3. The van der Waals surface area contributed by atoms with Crippen LogP contribution in [0.15, 0.2) is 42.5 Å². The third-order valence-electron chi connectivity index (χ3n) is 4.72. The van der Waals surface area contributed by atoms with Crippen LogP contribution < -0.4 is 15.8 Å². The van der Waals surface area contributed by atoms with E-state index in [1.54, 1.807) is 29.2 Å². The van der Waals surface area contributed by atoms with Crippen LogP contribution in [0.3, 0.4) is 0 Å². The maximum Gasteiger partial charge on any atom is 0.271 e. The molecule has 0 radical (unpaired) electrons. The first kappa shape index (κ1) is 18.9. The third-order valence-corrected chi connectivity index (χ3v) is 5.05. The molecular weight excluding hydrogens is 366 g/mol. The van der Waals surface area contributed by atoms with E-state index in [9.17, 15) is 14.4 Å². The molecule has 1 fully saturated rings. The first-order valence-electron chi connectivity index (χ1n) is 8.59. The number of anilines is 1. The van der Waals surface area contributed by atoms with Crippen LogP contribution in [0.4, 0.5) is 5.69 Å². The minimum Gasteiger partial charge on any atom is -0.312 e. The molecule has 1 heterocycles. The number of hydrogen-bond donors (Lipinski definition) is 2. The lowest BCUT2D eigenvalue weighted by molar-refractivity contribution is -0.126. The number of hydrazine groups is 1. The zero-order valence-corrected chi connectivity index (χ0v) is 15.8. The first-order chi connectivity index (χ1) is 12.9. The summed E-state index contributed by atoms with van der Waals surface area (Å²) < 4.78 is 0. The van der Waals surface area contributed by atoms with Crippen molar-refractivity contribution in [2.45, 2.75) is 20.3 Å². The lowest BCUT2D eigenvalue weighted by atomic mass is 10.1. The van der Waals surface area contributed by atoms with Crippen molar-refractivity contribution in [3.63, 3.8) is 0 Å². The van der Waals surface area contributed by atoms with Gasteiger partial charge in [-0.25, -0.2) is 0 Å². The molecule has 0 unspecified atom stereocenters. The average molecular weight is 386 g/mol. The summed E-state index contributed by atoms with van der Waals surface area (Å²) in [6.07, 6.45) is 0.0979. The van der Waals surface area contributed by atoms with E-state index in [4.69, 9.17) is 11.6 Å². The van der Waals surface area contributed by atoms with E-state index in [-0.39, 0.29) is 24.4 Å². The van der Waals surface area contributed by atoms with Crippen LogP contribution in [0, 0.1) is 19.8 Å². The molecule has 7 heteroatoms. The van der Waals surface area contributed by atoms with Gasteiger partial charge in [-0.1, -0.05) is 29.8 Å². The summed E-state index contributed by atoms with van der Waals surface area (Å²) in [6.45, 7) is 4.26. The lowest BCUT2D eigenvalue weighted by Crippen LogP contribution is -2.45. The lowest BCUT2D eigenvalue weighted by Gasteiger charge is -2.18. The van der Waals surface area contributed by atoms with Crippen molar-refractivity contribution < 1.29 is 14.4 Å². The van der Waals surface area contributed by atoms with Crippen molar-refractivity contribution in [2.75, 3.05) is 11.4 Å². The standard InChI is InChI=1S/C20H20ClN3O3/c1-12-7-8-15(9-13(12)2)24-11-14(10-18(24)25)19(26)22-23-20(27)16-5-3-4-6-17(16)21/h3-9,14H,10-11H2,1-2H3,(H,22,26)(H,23,27)/t14-/m0/s1. The summed E-state index contributed by atoms with van der Waals surface area (Å²) in [5, 5.41) is 0.293. The molecule has 1 aliphatic rings. The maximum atomic E-state index is 12.4. The topological polar surface area (TPSA) is 78.5 Å². The Kier molecular flexibility index (Phi) is 5.46. The highest BCUT2D eigenvalue weighted by Gasteiger charge is 2.35. The molecule has 27 heavy (non-hydrogen) atoms. The van der Waals surface area contributed by atoms with E-state index in [0.29, 0.717) is 5.02 Å². The molecule has 0 aromatic heterocycles. The van der Waals surface area contributed by atoms with Gasteiger partial charge < -0.3 is 4.90 Å². The van der Waals surface area contributed by atoms with Gasteiger partial charge in [-0.3, -0.25) is 25.2 Å². The second-order valence-corrected chi connectivity index (χ2v) is 7.00. The molecule has 2 aromatic rings. The van der Waals surface area contributed by atoms with Crippen LogP contribution in [0.2, 0.25) is 5.02 Å². The van der Waals surface area contributed by atoms with Crippen molar-refractivity contribution >= 4 is 35.0 Å². The minimum atomic E-state index is -0.536. The van der Waals surface area contributed by atoms with E-state index in [1.165, 1.54) is 0 Å². The quantitative estimate of drug-likeness (QED) is 0.797. The molecular formula is C20H20ClN3O3. The van der Waals surface area contributed by atoms with Gasteiger partial charge >= 0.3 is 0 Å². The van der Waals surface area contributed by atoms with E-state index >= 15 is 0 Å². The van der Waals surface area contributed by atoms with Gasteiger partial charge in [0.15, 0.2) is 0 Å². The Morgan fingerprint density at radius 3 is 2.52 bits per heavy atom. The number of benzene rings is 2. The van der Waals surface area contributed by atoms with E-state index in [2.05, 4.69) is 10.9 Å². The van der Waals surface area contributed by atoms with Gasteiger partial charge in [-0.2, -0.15) is 0 Å². The third kappa shape index (κ3) is 4.11. The van der Waals surface area contributed by atoms with Crippen molar-refractivity contribution in [3.8, 4) is 0 Å². The van der Waals surface area contributed by atoms with Crippen molar-refractivity contribution in [3.05, 3.63) is 64.2 Å². The highest BCUT2D eigenvalue weighted by Crippen LogP contribution is 2.26. The molecule has 2 N–H and O–H groups in total. The molecule has 6 nitrogen and oxygen atoms in total. The molecule has 1 saturated heterocycles. The number of hydrogen-bond acceptors (Lipinski definition) is 3. The molecule has 1 atom stereocenters. The Balaban J connectivity index is 1.61. The fourth-order valence-corrected chi connectivity index (χ4v) is 3.18. The normalized spacial score (nSPS) is 16.3. The molecule has 2 aromatic carbocycles. The van der Waals surface area contributed by atoms with Gasteiger partial charge in [0, 0.05) is 18.7 Å².